The summed E-state index contributed by atoms with van der Waals surface area (Å²) < 4.78 is 32.9. The van der Waals surface area contributed by atoms with E-state index in [-0.39, 0.29) is 18.0 Å². The maximum absolute atomic E-state index is 12.5. The second kappa shape index (κ2) is 9.91. The van der Waals surface area contributed by atoms with E-state index in [1.54, 1.807) is 38.1 Å². The number of aliphatic imine (C=N–C) groups is 1. The Kier molecular flexibility index (Phi) is 7.83. The fourth-order valence-electron chi connectivity index (χ4n) is 2.68. The molecule has 0 saturated carbocycles. The van der Waals surface area contributed by atoms with Gasteiger partial charge in [-0.2, -0.15) is 0 Å². The van der Waals surface area contributed by atoms with E-state index in [1.807, 2.05) is 19.9 Å². The fraction of sp³-hybridized carbons (Fsp3) is 0.450. The number of rotatable bonds is 9. The van der Waals surface area contributed by atoms with E-state index < -0.39 is 15.6 Å². The predicted molar refractivity (Wildman–Crippen MR) is 113 cm³/mol. The van der Waals surface area contributed by atoms with Gasteiger partial charge in [0.1, 0.15) is 11.4 Å². The Morgan fingerprint density at radius 2 is 1.97 bits per heavy atom. The molecule has 0 bridgehead atoms. The van der Waals surface area contributed by atoms with Crippen LogP contribution < -0.4 is 15.4 Å². The number of benzene rings is 1. The topological polar surface area (TPSA) is 116 Å². The highest BCUT2D eigenvalue weighted by Crippen LogP contribution is 2.21. The maximum atomic E-state index is 12.5. The molecular formula is C20H30N4O4S. The van der Waals surface area contributed by atoms with Crippen molar-refractivity contribution in [1.29, 1.82) is 0 Å². The molecule has 0 amide bonds. The average Bonchev–Trinajstić information content (AvgIpc) is 3.21. The van der Waals surface area contributed by atoms with Gasteiger partial charge in [-0.15, -0.1) is 0 Å². The van der Waals surface area contributed by atoms with Gasteiger partial charge in [0, 0.05) is 19.6 Å². The summed E-state index contributed by atoms with van der Waals surface area (Å²) in [6, 6.07) is 8.74. The largest absolute Gasteiger partial charge is 0.466 e. The molecule has 1 aromatic heterocycles. The molecule has 4 N–H and O–H groups in total. The second-order valence-electron chi connectivity index (χ2n) is 7.04. The Balaban J connectivity index is 1.93. The maximum Gasteiger partial charge on any atom is 0.240 e. The monoisotopic (exact) mass is 422 g/mol. The van der Waals surface area contributed by atoms with Gasteiger partial charge in [0.15, 0.2) is 5.96 Å². The van der Waals surface area contributed by atoms with Crippen LogP contribution in [0, 0.1) is 13.8 Å². The summed E-state index contributed by atoms with van der Waals surface area (Å²) in [5.41, 5.74) is 0.348. The van der Waals surface area contributed by atoms with E-state index in [0.29, 0.717) is 30.4 Å². The first kappa shape index (κ1) is 22.9. The number of hydrogen-bond donors (Lipinski definition) is 4. The van der Waals surface area contributed by atoms with Gasteiger partial charge in [-0.05, 0) is 57.0 Å². The molecule has 8 nitrogen and oxygen atoms in total. The third-order valence-corrected chi connectivity index (χ3v) is 5.89. The van der Waals surface area contributed by atoms with Gasteiger partial charge in [0.25, 0.3) is 0 Å². The van der Waals surface area contributed by atoms with Crippen molar-refractivity contribution in [3.63, 3.8) is 0 Å². The summed E-state index contributed by atoms with van der Waals surface area (Å²) in [4.78, 5) is 4.65. The van der Waals surface area contributed by atoms with Crippen molar-refractivity contribution in [3.05, 3.63) is 53.5 Å². The van der Waals surface area contributed by atoms with Crippen LogP contribution in [-0.2, 0) is 15.6 Å². The lowest BCUT2D eigenvalue weighted by molar-refractivity contribution is 0.0437. The minimum absolute atomic E-state index is 0.0874. The van der Waals surface area contributed by atoms with Gasteiger partial charge < -0.3 is 20.2 Å². The first-order valence-corrected chi connectivity index (χ1v) is 11.0. The van der Waals surface area contributed by atoms with E-state index in [0.717, 1.165) is 5.56 Å². The van der Waals surface area contributed by atoms with Gasteiger partial charge in [-0.3, -0.25) is 0 Å². The molecule has 0 saturated heterocycles. The van der Waals surface area contributed by atoms with E-state index in [4.69, 9.17) is 4.42 Å². The number of nitrogens with zero attached hydrogens (tertiary/aromatic N) is 1. The van der Waals surface area contributed by atoms with Crippen molar-refractivity contribution in [2.45, 2.75) is 38.2 Å². The van der Waals surface area contributed by atoms with E-state index in [2.05, 4.69) is 20.3 Å². The lowest BCUT2D eigenvalue weighted by atomic mass is 10.0. The Labute approximate surface area is 172 Å². The lowest BCUT2D eigenvalue weighted by Gasteiger charge is -2.19. The van der Waals surface area contributed by atoms with Crippen molar-refractivity contribution in [2.24, 2.45) is 4.99 Å². The minimum atomic E-state index is -3.59. The van der Waals surface area contributed by atoms with Crippen LogP contribution in [0.2, 0.25) is 0 Å². The Morgan fingerprint density at radius 3 is 2.62 bits per heavy atom. The summed E-state index contributed by atoms with van der Waals surface area (Å²) >= 11 is 0. The number of aliphatic hydroxyl groups is 1. The van der Waals surface area contributed by atoms with E-state index in [1.165, 1.54) is 6.26 Å². The lowest BCUT2D eigenvalue weighted by Crippen LogP contribution is -2.42. The molecule has 1 unspecified atom stereocenters. The zero-order chi connectivity index (χ0) is 21.5. The van der Waals surface area contributed by atoms with Crippen molar-refractivity contribution in [3.8, 4) is 0 Å². The number of furan rings is 1. The SMILES string of the molecule is CCNC(=NCC(C)(O)c1ccco1)NCCNS(=O)(=O)c1cc(C)ccc1C. The molecule has 2 rings (SSSR count). The quantitative estimate of drug-likeness (QED) is 0.277. The van der Waals surface area contributed by atoms with E-state index in [9.17, 15) is 13.5 Å². The molecule has 29 heavy (non-hydrogen) atoms. The first-order chi connectivity index (χ1) is 13.7. The number of hydrogen-bond acceptors (Lipinski definition) is 5. The Morgan fingerprint density at radius 1 is 1.21 bits per heavy atom. The summed E-state index contributed by atoms with van der Waals surface area (Å²) in [6.45, 7) is 8.41. The van der Waals surface area contributed by atoms with Gasteiger partial charge in [0.2, 0.25) is 10.0 Å². The molecule has 1 atom stereocenters. The van der Waals surface area contributed by atoms with E-state index >= 15 is 0 Å². The average molecular weight is 423 g/mol. The number of aryl methyl sites for hydroxylation is 2. The van der Waals surface area contributed by atoms with Crippen molar-refractivity contribution in [2.75, 3.05) is 26.2 Å². The van der Waals surface area contributed by atoms with Crippen LogP contribution in [0.15, 0.2) is 50.9 Å². The smallest absolute Gasteiger partial charge is 0.240 e. The van der Waals surface area contributed by atoms with Crippen LogP contribution in [-0.4, -0.2) is 45.7 Å². The number of sulfonamides is 1. The molecule has 2 aromatic rings. The number of nitrogens with one attached hydrogen (secondary N) is 3. The van der Waals surface area contributed by atoms with Gasteiger partial charge in [-0.1, -0.05) is 12.1 Å². The van der Waals surface area contributed by atoms with Gasteiger partial charge in [-0.25, -0.2) is 18.1 Å². The standard InChI is InChI=1S/C20H30N4O4S/c1-5-21-19(23-14-20(4,25)18-7-6-12-28-18)22-10-11-24-29(26,27)17-13-15(2)8-9-16(17)3/h6-9,12-13,24-25H,5,10-11,14H2,1-4H3,(H2,21,22,23). The fourth-order valence-corrected chi connectivity index (χ4v) is 4.04. The van der Waals surface area contributed by atoms with Crippen LogP contribution in [0.3, 0.4) is 0 Å². The zero-order valence-electron chi connectivity index (χ0n) is 17.3. The number of guanidine groups is 1. The minimum Gasteiger partial charge on any atom is -0.466 e. The molecular weight excluding hydrogens is 392 g/mol. The Hall–Kier alpha value is -2.36. The molecule has 1 heterocycles. The predicted octanol–water partition coefficient (Wildman–Crippen LogP) is 1.64. The van der Waals surface area contributed by atoms with Crippen LogP contribution >= 0.6 is 0 Å². The van der Waals surface area contributed by atoms with Crippen LogP contribution in [0.5, 0.6) is 0 Å². The summed E-state index contributed by atoms with van der Waals surface area (Å²) in [5, 5.41) is 16.6. The van der Waals surface area contributed by atoms with Gasteiger partial charge >= 0.3 is 0 Å². The Bertz CT molecular complexity index is 922. The highest BCUT2D eigenvalue weighted by Gasteiger charge is 2.26. The molecule has 0 aliphatic heterocycles. The van der Waals surface area contributed by atoms with Crippen LogP contribution in [0.4, 0.5) is 0 Å². The molecule has 0 aliphatic carbocycles. The van der Waals surface area contributed by atoms with Crippen molar-refractivity contribution < 1.29 is 17.9 Å². The molecule has 9 heteroatoms. The normalized spacial score (nSPS) is 14.4. The molecule has 0 radical (unpaired) electrons. The molecule has 0 fully saturated rings. The zero-order valence-corrected chi connectivity index (χ0v) is 18.1. The summed E-state index contributed by atoms with van der Waals surface area (Å²) in [6.07, 6.45) is 1.50. The molecule has 0 aliphatic rings. The molecule has 160 valence electrons. The first-order valence-electron chi connectivity index (χ1n) is 9.51. The highest BCUT2D eigenvalue weighted by molar-refractivity contribution is 7.89. The third kappa shape index (κ3) is 6.59. The van der Waals surface area contributed by atoms with Gasteiger partial charge in [0.05, 0.1) is 17.7 Å². The third-order valence-electron chi connectivity index (χ3n) is 4.28. The summed E-state index contributed by atoms with van der Waals surface area (Å²) in [5.74, 6) is 0.906. The summed E-state index contributed by atoms with van der Waals surface area (Å²) in [7, 11) is -3.59. The van der Waals surface area contributed by atoms with Crippen LogP contribution in [0.1, 0.15) is 30.7 Å². The second-order valence-corrected chi connectivity index (χ2v) is 8.78. The highest BCUT2D eigenvalue weighted by atomic mass is 32.2. The molecule has 1 aromatic carbocycles. The van der Waals surface area contributed by atoms with Crippen LogP contribution in [0.25, 0.3) is 0 Å². The molecule has 0 spiro atoms. The van der Waals surface area contributed by atoms with Crippen molar-refractivity contribution in [1.82, 2.24) is 15.4 Å². The van der Waals surface area contributed by atoms with Crippen molar-refractivity contribution >= 4 is 16.0 Å².